The topological polar surface area (TPSA) is 69.0 Å². The van der Waals surface area contributed by atoms with Crippen molar-refractivity contribution in [1.82, 2.24) is 9.88 Å². The lowest BCUT2D eigenvalue weighted by molar-refractivity contribution is -0.127. The second kappa shape index (κ2) is 7.60. The van der Waals surface area contributed by atoms with Crippen LogP contribution in [-0.2, 0) is 11.2 Å². The third-order valence-electron chi connectivity index (χ3n) is 4.17. The first-order valence-electron chi connectivity index (χ1n) is 8.20. The number of hydrogen-bond donors (Lipinski definition) is 1. The SMILES string of the molecule is N#Cc1cccc(N[C@H]2CC(=O)N(CCCc3ccccc3)C2)n1. The molecular formula is C19H20N4O. The minimum atomic E-state index is 0.0515. The Kier molecular flexibility index (Phi) is 5.07. The van der Waals surface area contributed by atoms with Gasteiger partial charge in [0.05, 0.1) is 6.04 Å². The fourth-order valence-electron chi connectivity index (χ4n) is 2.99. The van der Waals surface area contributed by atoms with E-state index in [2.05, 4.69) is 22.4 Å². The fraction of sp³-hybridized carbons (Fsp3) is 0.316. The molecule has 0 spiro atoms. The fourth-order valence-corrected chi connectivity index (χ4v) is 2.99. The van der Waals surface area contributed by atoms with Gasteiger partial charge >= 0.3 is 0 Å². The van der Waals surface area contributed by atoms with Crippen molar-refractivity contribution in [2.45, 2.75) is 25.3 Å². The Labute approximate surface area is 141 Å². The molecule has 1 aliphatic rings. The smallest absolute Gasteiger partial charge is 0.224 e. The second-order valence-corrected chi connectivity index (χ2v) is 5.99. The molecule has 5 nitrogen and oxygen atoms in total. The second-order valence-electron chi connectivity index (χ2n) is 5.99. The van der Waals surface area contributed by atoms with Crippen LogP contribution in [0.15, 0.2) is 48.5 Å². The Morgan fingerprint density at radius 1 is 1.21 bits per heavy atom. The van der Waals surface area contributed by atoms with Gasteiger partial charge in [0.15, 0.2) is 0 Å². The van der Waals surface area contributed by atoms with E-state index in [-0.39, 0.29) is 11.9 Å². The first-order chi connectivity index (χ1) is 11.7. The highest BCUT2D eigenvalue weighted by Gasteiger charge is 2.29. The number of hydrogen-bond acceptors (Lipinski definition) is 4. The summed E-state index contributed by atoms with van der Waals surface area (Å²) in [5.41, 5.74) is 1.68. The molecule has 2 heterocycles. The molecule has 122 valence electrons. The van der Waals surface area contributed by atoms with Gasteiger partial charge in [-0.25, -0.2) is 4.98 Å². The normalized spacial score (nSPS) is 16.9. The van der Waals surface area contributed by atoms with Crippen molar-refractivity contribution >= 4 is 11.7 Å². The van der Waals surface area contributed by atoms with Gasteiger partial charge in [0.1, 0.15) is 17.6 Å². The molecule has 24 heavy (non-hydrogen) atoms. The number of nitriles is 1. The van der Waals surface area contributed by atoms with E-state index >= 15 is 0 Å². The number of carbonyl (C=O) groups is 1. The van der Waals surface area contributed by atoms with Crippen molar-refractivity contribution in [2.75, 3.05) is 18.4 Å². The number of benzene rings is 1. The van der Waals surface area contributed by atoms with Crippen LogP contribution in [0.25, 0.3) is 0 Å². The third kappa shape index (κ3) is 4.11. The van der Waals surface area contributed by atoms with Crippen LogP contribution < -0.4 is 5.32 Å². The molecule has 0 bridgehead atoms. The molecule has 1 atom stereocenters. The molecule has 3 rings (SSSR count). The number of nitrogens with zero attached hydrogens (tertiary/aromatic N) is 3. The van der Waals surface area contributed by atoms with Gasteiger partial charge < -0.3 is 10.2 Å². The van der Waals surface area contributed by atoms with Crippen molar-refractivity contribution in [3.8, 4) is 6.07 Å². The highest BCUT2D eigenvalue weighted by Crippen LogP contribution is 2.17. The lowest BCUT2D eigenvalue weighted by Gasteiger charge is -2.17. The van der Waals surface area contributed by atoms with Crippen molar-refractivity contribution in [3.63, 3.8) is 0 Å². The number of anilines is 1. The summed E-state index contributed by atoms with van der Waals surface area (Å²) < 4.78 is 0. The number of rotatable bonds is 6. The summed E-state index contributed by atoms with van der Waals surface area (Å²) in [6.07, 6.45) is 2.42. The van der Waals surface area contributed by atoms with Crippen molar-refractivity contribution < 1.29 is 4.79 Å². The first kappa shape index (κ1) is 16.0. The minimum absolute atomic E-state index is 0.0515. The summed E-state index contributed by atoms with van der Waals surface area (Å²) in [6.45, 7) is 1.46. The van der Waals surface area contributed by atoms with Crippen LogP contribution in [0.3, 0.4) is 0 Å². The maximum atomic E-state index is 12.2. The number of amides is 1. The summed E-state index contributed by atoms with van der Waals surface area (Å²) in [7, 11) is 0. The Bertz CT molecular complexity index is 739. The van der Waals surface area contributed by atoms with E-state index in [0.29, 0.717) is 24.5 Å². The molecule has 1 saturated heterocycles. The van der Waals surface area contributed by atoms with Gasteiger partial charge in [-0.2, -0.15) is 5.26 Å². The van der Waals surface area contributed by atoms with Crippen LogP contribution in [0.2, 0.25) is 0 Å². The van der Waals surface area contributed by atoms with Gasteiger partial charge in [-0.05, 0) is 30.5 Å². The van der Waals surface area contributed by atoms with Gasteiger partial charge in [-0.3, -0.25) is 4.79 Å². The lowest BCUT2D eigenvalue weighted by Crippen LogP contribution is -2.29. The summed E-state index contributed by atoms with van der Waals surface area (Å²) in [6, 6.07) is 17.7. The van der Waals surface area contributed by atoms with Gasteiger partial charge in [0.2, 0.25) is 5.91 Å². The van der Waals surface area contributed by atoms with Crippen LogP contribution >= 0.6 is 0 Å². The van der Waals surface area contributed by atoms with Gasteiger partial charge in [-0.15, -0.1) is 0 Å². The molecule has 1 amide bonds. The average molecular weight is 320 g/mol. The summed E-state index contributed by atoms with van der Waals surface area (Å²) in [5.74, 6) is 0.829. The maximum Gasteiger partial charge on any atom is 0.224 e. The van der Waals surface area contributed by atoms with E-state index in [1.54, 1.807) is 12.1 Å². The van der Waals surface area contributed by atoms with Crippen molar-refractivity contribution in [3.05, 3.63) is 59.8 Å². The average Bonchev–Trinajstić information content (AvgIpc) is 2.95. The molecule has 2 aromatic rings. The quantitative estimate of drug-likeness (QED) is 0.888. The molecule has 1 fully saturated rings. The molecule has 0 unspecified atom stereocenters. The van der Waals surface area contributed by atoms with E-state index < -0.39 is 0 Å². The summed E-state index contributed by atoms with van der Waals surface area (Å²) in [5, 5.41) is 12.2. The number of aromatic nitrogens is 1. The summed E-state index contributed by atoms with van der Waals surface area (Å²) >= 11 is 0. The Morgan fingerprint density at radius 2 is 2.04 bits per heavy atom. The monoisotopic (exact) mass is 320 g/mol. The molecule has 0 saturated carbocycles. The number of aryl methyl sites for hydroxylation is 1. The zero-order chi connectivity index (χ0) is 16.8. The van der Waals surface area contributed by atoms with Gasteiger partial charge in [0.25, 0.3) is 0 Å². The van der Waals surface area contributed by atoms with E-state index in [4.69, 9.17) is 5.26 Å². The zero-order valence-corrected chi connectivity index (χ0v) is 13.5. The van der Waals surface area contributed by atoms with Crippen LogP contribution in [-0.4, -0.2) is 34.9 Å². The molecular weight excluding hydrogens is 300 g/mol. The molecule has 0 aliphatic carbocycles. The largest absolute Gasteiger partial charge is 0.365 e. The maximum absolute atomic E-state index is 12.2. The van der Waals surface area contributed by atoms with Crippen LogP contribution in [0.5, 0.6) is 0 Å². The lowest BCUT2D eigenvalue weighted by atomic mass is 10.1. The number of pyridine rings is 1. The predicted octanol–water partition coefficient (Wildman–Crippen LogP) is 2.60. The zero-order valence-electron chi connectivity index (χ0n) is 13.5. The summed E-state index contributed by atoms with van der Waals surface area (Å²) in [4.78, 5) is 18.3. The van der Waals surface area contributed by atoms with Crippen LogP contribution in [0.1, 0.15) is 24.1 Å². The Balaban J connectivity index is 1.49. The number of carbonyl (C=O) groups excluding carboxylic acids is 1. The molecule has 1 aromatic carbocycles. The standard InChI is InChI=1S/C19H20N4O/c20-13-16-9-4-10-18(21-16)22-17-12-19(24)23(14-17)11-5-8-15-6-2-1-3-7-15/h1-4,6-7,9-10,17H,5,8,11-12,14H2,(H,21,22)/t17-/m0/s1. The van der Waals surface area contributed by atoms with Gasteiger partial charge in [0, 0.05) is 19.5 Å². The Hall–Kier alpha value is -2.87. The minimum Gasteiger partial charge on any atom is -0.365 e. The molecule has 5 heteroatoms. The molecule has 1 N–H and O–H groups in total. The first-order valence-corrected chi connectivity index (χ1v) is 8.20. The van der Waals surface area contributed by atoms with Crippen LogP contribution in [0.4, 0.5) is 5.82 Å². The number of likely N-dealkylation sites (tertiary alicyclic amines) is 1. The molecule has 0 radical (unpaired) electrons. The van der Waals surface area contributed by atoms with Gasteiger partial charge in [-0.1, -0.05) is 36.4 Å². The highest BCUT2D eigenvalue weighted by molar-refractivity contribution is 5.80. The third-order valence-corrected chi connectivity index (χ3v) is 4.17. The highest BCUT2D eigenvalue weighted by atomic mass is 16.2. The van der Waals surface area contributed by atoms with E-state index in [0.717, 1.165) is 19.4 Å². The van der Waals surface area contributed by atoms with Crippen molar-refractivity contribution in [1.29, 1.82) is 5.26 Å². The molecule has 1 aromatic heterocycles. The Morgan fingerprint density at radius 3 is 2.83 bits per heavy atom. The van der Waals surface area contributed by atoms with E-state index in [1.165, 1.54) is 5.56 Å². The van der Waals surface area contributed by atoms with Crippen molar-refractivity contribution in [2.24, 2.45) is 0 Å². The predicted molar refractivity (Wildman–Crippen MR) is 92.3 cm³/mol. The van der Waals surface area contributed by atoms with Crippen LogP contribution in [0, 0.1) is 11.3 Å². The van der Waals surface area contributed by atoms with E-state index in [1.807, 2.05) is 35.2 Å². The molecule has 1 aliphatic heterocycles. The van der Waals surface area contributed by atoms with E-state index in [9.17, 15) is 4.79 Å². The number of nitrogens with one attached hydrogen (secondary N) is 1.